The van der Waals surface area contributed by atoms with Gasteiger partial charge in [0.05, 0.1) is 18.2 Å². The lowest BCUT2D eigenvalue weighted by Gasteiger charge is -2.26. The summed E-state index contributed by atoms with van der Waals surface area (Å²) in [5.41, 5.74) is 2.48. The zero-order valence-corrected chi connectivity index (χ0v) is 20.8. The van der Waals surface area contributed by atoms with Gasteiger partial charge in [0, 0.05) is 25.8 Å². The van der Waals surface area contributed by atoms with Crippen molar-refractivity contribution in [1.82, 2.24) is 4.90 Å². The van der Waals surface area contributed by atoms with Gasteiger partial charge in [0.1, 0.15) is 11.5 Å². The Bertz CT molecular complexity index is 1030. The van der Waals surface area contributed by atoms with Gasteiger partial charge in [0.2, 0.25) is 0 Å². The predicted octanol–water partition coefficient (Wildman–Crippen LogP) is 5.23. The largest absolute Gasteiger partial charge is 0.507 e. The molecule has 1 atom stereocenters. The van der Waals surface area contributed by atoms with Crippen LogP contribution in [-0.2, 0) is 19.7 Å². The molecule has 1 saturated heterocycles. The van der Waals surface area contributed by atoms with E-state index in [0.717, 1.165) is 17.5 Å². The van der Waals surface area contributed by atoms with Crippen LogP contribution in [0.2, 0.25) is 0 Å². The molecule has 0 aliphatic carbocycles. The molecule has 1 amide bonds. The fraction of sp³-hybridized carbons (Fsp3) is 0.429. The third kappa shape index (κ3) is 5.50. The summed E-state index contributed by atoms with van der Waals surface area (Å²) in [4.78, 5) is 27.7. The van der Waals surface area contributed by atoms with E-state index in [1.54, 1.807) is 31.4 Å². The molecular formula is C28H35NO5. The average Bonchev–Trinajstić information content (AvgIpc) is 3.07. The number of hydrogen-bond donors (Lipinski definition) is 1. The third-order valence-electron chi connectivity index (χ3n) is 5.98. The summed E-state index contributed by atoms with van der Waals surface area (Å²) in [6.45, 7) is 9.84. The molecule has 34 heavy (non-hydrogen) atoms. The number of carbonyl (C=O) groups is 2. The molecule has 1 unspecified atom stereocenters. The minimum absolute atomic E-state index is 0.0274. The van der Waals surface area contributed by atoms with Crippen LogP contribution in [0, 0.1) is 0 Å². The number of carbonyl (C=O) groups excluding carboxylic acids is 2. The summed E-state index contributed by atoms with van der Waals surface area (Å²) in [5, 5.41) is 11.2. The van der Waals surface area contributed by atoms with Crippen LogP contribution in [0.5, 0.6) is 5.75 Å². The second-order valence-corrected chi connectivity index (χ2v) is 9.58. The number of Topliss-reactive ketones (excluding diaryl/α,β-unsaturated/α-hetero) is 1. The maximum atomic E-state index is 13.1. The number of likely N-dealkylation sites (tertiary alicyclic amines) is 1. The lowest BCUT2D eigenvalue weighted by Crippen LogP contribution is -2.31. The number of ether oxygens (including phenoxy) is 2. The van der Waals surface area contributed by atoms with Crippen LogP contribution in [0.4, 0.5) is 0 Å². The first-order valence-corrected chi connectivity index (χ1v) is 11.8. The van der Waals surface area contributed by atoms with Crippen LogP contribution in [0.1, 0.15) is 63.3 Å². The van der Waals surface area contributed by atoms with Crippen LogP contribution in [0.25, 0.3) is 5.76 Å². The van der Waals surface area contributed by atoms with Crippen LogP contribution in [0.3, 0.4) is 0 Å². The second-order valence-electron chi connectivity index (χ2n) is 9.58. The van der Waals surface area contributed by atoms with Crippen molar-refractivity contribution in [3.63, 3.8) is 0 Å². The standard InChI is InChI=1S/C28H35NO5/c1-6-17-34-22-14-10-20(11-15-22)25(30)23-24(19-8-12-21(13-9-19)28(2,3)4)29(16-7-18-33-5)27(32)26(23)31/h8-15,24,30H,6-7,16-18H2,1-5H3/b25-23+. The van der Waals surface area contributed by atoms with E-state index in [2.05, 4.69) is 20.8 Å². The van der Waals surface area contributed by atoms with Crippen molar-refractivity contribution in [3.05, 3.63) is 70.8 Å². The van der Waals surface area contributed by atoms with Gasteiger partial charge in [-0.1, -0.05) is 52.0 Å². The van der Waals surface area contributed by atoms with Gasteiger partial charge in [-0.2, -0.15) is 0 Å². The number of hydrogen-bond acceptors (Lipinski definition) is 5. The number of nitrogens with zero attached hydrogens (tertiary/aromatic N) is 1. The van der Waals surface area contributed by atoms with E-state index in [1.807, 2.05) is 31.2 Å². The molecule has 0 saturated carbocycles. The quantitative estimate of drug-likeness (QED) is 0.237. The van der Waals surface area contributed by atoms with E-state index >= 15 is 0 Å². The Morgan fingerprint density at radius 2 is 1.65 bits per heavy atom. The summed E-state index contributed by atoms with van der Waals surface area (Å²) >= 11 is 0. The topological polar surface area (TPSA) is 76.1 Å². The number of aliphatic hydroxyl groups excluding tert-OH is 1. The number of methoxy groups -OCH3 is 1. The Hall–Kier alpha value is -3.12. The Balaban J connectivity index is 2.05. The highest BCUT2D eigenvalue weighted by molar-refractivity contribution is 6.46. The Labute approximate surface area is 202 Å². The summed E-state index contributed by atoms with van der Waals surface area (Å²) in [6.07, 6.45) is 1.48. The molecule has 0 bridgehead atoms. The summed E-state index contributed by atoms with van der Waals surface area (Å²) in [5.74, 6) is -0.774. The van der Waals surface area contributed by atoms with Gasteiger partial charge in [-0.3, -0.25) is 9.59 Å². The summed E-state index contributed by atoms with van der Waals surface area (Å²) in [6, 6.07) is 14.2. The second kappa shape index (κ2) is 10.9. The van der Waals surface area contributed by atoms with Crippen molar-refractivity contribution in [3.8, 4) is 5.75 Å². The number of ketones is 1. The minimum Gasteiger partial charge on any atom is -0.507 e. The molecule has 1 N–H and O–H groups in total. The molecule has 0 radical (unpaired) electrons. The maximum absolute atomic E-state index is 13.1. The van der Waals surface area contributed by atoms with E-state index in [9.17, 15) is 14.7 Å². The van der Waals surface area contributed by atoms with E-state index < -0.39 is 17.7 Å². The number of amides is 1. The average molecular weight is 466 g/mol. The Kier molecular flexibility index (Phi) is 8.15. The molecule has 6 heteroatoms. The van der Waals surface area contributed by atoms with Gasteiger partial charge < -0.3 is 19.5 Å². The first-order chi connectivity index (χ1) is 16.2. The van der Waals surface area contributed by atoms with Crippen molar-refractivity contribution < 1.29 is 24.2 Å². The molecule has 6 nitrogen and oxygen atoms in total. The highest BCUT2D eigenvalue weighted by Crippen LogP contribution is 2.40. The fourth-order valence-electron chi connectivity index (χ4n) is 4.09. The summed E-state index contributed by atoms with van der Waals surface area (Å²) in [7, 11) is 1.60. The van der Waals surface area contributed by atoms with Crippen molar-refractivity contribution in [2.45, 2.75) is 52.0 Å². The molecule has 2 aromatic rings. The van der Waals surface area contributed by atoms with Crippen LogP contribution in [-0.4, -0.2) is 48.6 Å². The first kappa shape index (κ1) is 25.5. The maximum Gasteiger partial charge on any atom is 0.295 e. The highest BCUT2D eigenvalue weighted by Gasteiger charge is 2.45. The smallest absolute Gasteiger partial charge is 0.295 e. The Morgan fingerprint density at radius 1 is 1.00 bits per heavy atom. The van der Waals surface area contributed by atoms with E-state index in [1.165, 1.54) is 4.90 Å². The molecular weight excluding hydrogens is 430 g/mol. The molecule has 2 aromatic carbocycles. The molecule has 1 aliphatic rings. The van der Waals surface area contributed by atoms with Gasteiger partial charge >= 0.3 is 0 Å². The van der Waals surface area contributed by atoms with Gasteiger partial charge in [-0.05, 0) is 53.6 Å². The number of aliphatic hydroxyl groups is 1. The number of rotatable bonds is 9. The molecule has 1 heterocycles. The van der Waals surface area contributed by atoms with E-state index in [-0.39, 0.29) is 16.7 Å². The third-order valence-corrected chi connectivity index (χ3v) is 5.98. The molecule has 3 rings (SSSR count). The minimum atomic E-state index is -0.675. The molecule has 1 fully saturated rings. The zero-order valence-electron chi connectivity index (χ0n) is 20.8. The van der Waals surface area contributed by atoms with E-state index in [0.29, 0.717) is 37.5 Å². The normalized spacial score (nSPS) is 17.9. The van der Waals surface area contributed by atoms with Gasteiger partial charge in [0.25, 0.3) is 11.7 Å². The van der Waals surface area contributed by atoms with Gasteiger partial charge in [0.15, 0.2) is 0 Å². The van der Waals surface area contributed by atoms with Crippen molar-refractivity contribution >= 4 is 17.4 Å². The van der Waals surface area contributed by atoms with Crippen LogP contribution < -0.4 is 4.74 Å². The molecule has 0 spiro atoms. The SMILES string of the molecule is CCCOc1ccc(/C(O)=C2\C(=O)C(=O)N(CCCOC)C2c2ccc(C(C)(C)C)cc2)cc1. The van der Waals surface area contributed by atoms with Crippen molar-refractivity contribution in [2.24, 2.45) is 0 Å². The van der Waals surface area contributed by atoms with Crippen LogP contribution in [0.15, 0.2) is 54.1 Å². The zero-order chi connectivity index (χ0) is 24.9. The Morgan fingerprint density at radius 3 is 2.21 bits per heavy atom. The van der Waals surface area contributed by atoms with Gasteiger partial charge in [-0.15, -0.1) is 0 Å². The highest BCUT2D eigenvalue weighted by atomic mass is 16.5. The molecule has 1 aliphatic heterocycles. The fourth-order valence-corrected chi connectivity index (χ4v) is 4.09. The van der Waals surface area contributed by atoms with Crippen LogP contribution >= 0.6 is 0 Å². The van der Waals surface area contributed by atoms with Gasteiger partial charge in [-0.25, -0.2) is 0 Å². The van der Waals surface area contributed by atoms with Crippen molar-refractivity contribution in [2.75, 3.05) is 26.9 Å². The van der Waals surface area contributed by atoms with E-state index in [4.69, 9.17) is 9.47 Å². The lowest BCUT2D eigenvalue weighted by molar-refractivity contribution is -0.140. The summed E-state index contributed by atoms with van der Waals surface area (Å²) < 4.78 is 10.8. The van der Waals surface area contributed by atoms with Crippen molar-refractivity contribution in [1.29, 1.82) is 0 Å². The number of benzene rings is 2. The molecule has 0 aromatic heterocycles. The lowest BCUT2D eigenvalue weighted by atomic mass is 9.85. The first-order valence-electron chi connectivity index (χ1n) is 11.8. The monoisotopic (exact) mass is 465 g/mol. The molecule has 182 valence electrons. The predicted molar refractivity (Wildman–Crippen MR) is 133 cm³/mol.